The van der Waals surface area contributed by atoms with E-state index in [4.69, 9.17) is 9.15 Å². The van der Waals surface area contributed by atoms with E-state index in [0.29, 0.717) is 5.76 Å². The zero-order valence-corrected chi connectivity index (χ0v) is 12.0. The molecule has 1 spiro atoms. The van der Waals surface area contributed by atoms with Crippen molar-refractivity contribution >= 4 is 11.8 Å². The van der Waals surface area contributed by atoms with Gasteiger partial charge < -0.3 is 9.15 Å². The minimum Gasteiger partial charge on any atom is -0.465 e. The molecule has 20 heavy (non-hydrogen) atoms. The predicted octanol–water partition coefficient (Wildman–Crippen LogP) is 3.42. The number of ether oxygens (including phenoxy) is 1. The lowest BCUT2D eigenvalue weighted by atomic mass is 9.59. The fraction of sp³-hybridized carbons (Fsp3) is 0.625. The average Bonchev–Trinajstić information content (AvgIpc) is 2.96. The van der Waals surface area contributed by atoms with Gasteiger partial charge in [0.15, 0.2) is 11.9 Å². The highest BCUT2D eigenvalue weighted by molar-refractivity contribution is 6.08. The number of rotatable bonds is 1. The molecule has 4 nitrogen and oxygen atoms in total. The van der Waals surface area contributed by atoms with Crippen LogP contribution >= 0.6 is 0 Å². The van der Waals surface area contributed by atoms with E-state index in [0.717, 1.165) is 32.1 Å². The van der Waals surface area contributed by atoms with Gasteiger partial charge in [0.1, 0.15) is 11.2 Å². The summed E-state index contributed by atoms with van der Waals surface area (Å²) in [5, 5.41) is 0. The molecule has 4 heteroatoms. The molecule has 0 bridgehead atoms. The summed E-state index contributed by atoms with van der Waals surface area (Å²) in [4.78, 5) is 25.2. The molecular formula is C16H20O4. The quantitative estimate of drug-likeness (QED) is 0.582. The Labute approximate surface area is 118 Å². The lowest BCUT2D eigenvalue weighted by Gasteiger charge is -2.48. The summed E-state index contributed by atoms with van der Waals surface area (Å²) in [7, 11) is 0. The number of carbonyl (C=O) groups excluding carboxylic acids is 2. The molecule has 0 radical (unpaired) electrons. The monoisotopic (exact) mass is 276 g/mol. The summed E-state index contributed by atoms with van der Waals surface area (Å²) in [6.07, 6.45) is 5.67. The second-order valence-corrected chi connectivity index (χ2v) is 6.47. The first-order valence-electron chi connectivity index (χ1n) is 7.28. The Bertz CT molecular complexity index is 521. The van der Waals surface area contributed by atoms with Crippen LogP contribution in [-0.2, 0) is 14.3 Å². The van der Waals surface area contributed by atoms with Crippen LogP contribution in [0.25, 0.3) is 0 Å². The molecule has 1 saturated heterocycles. The van der Waals surface area contributed by atoms with Gasteiger partial charge in [-0.3, -0.25) is 9.59 Å². The van der Waals surface area contributed by atoms with Crippen molar-refractivity contribution in [2.75, 3.05) is 0 Å². The van der Waals surface area contributed by atoms with E-state index in [9.17, 15) is 9.59 Å². The Morgan fingerprint density at radius 1 is 1.15 bits per heavy atom. The minimum atomic E-state index is -1.06. The van der Waals surface area contributed by atoms with Crippen LogP contribution in [0, 0.1) is 10.8 Å². The van der Waals surface area contributed by atoms with Gasteiger partial charge in [0.25, 0.3) is 0 Å². The van der Waals surface area contributed by atoms with Crippen molar-refractivity contribution in [3.05, 3.63) is 24.2 Å². The van der Waals surface area contributed by atoms with E-state index >= 15 is 0 Å². The van der Waals surface area contributed by atoms with E-state index in [-0.39, 0.29) is 5.78 Å². The normalized spacial score (nSPS) is 28.4. The van der Waals surface area contributed by atoms with Gasteiger partial charge >= 0.3 is 5.97 Å². The first kappa shape index (κ1) is 13.4. The van der Waals surface area contributed by atoms with Gasteiger partial charge in [-0.05, 0) is 38.8 Å². The number of esters is 1. The van der Waals surface area contributed by atoms with Crippen molar-refractivity contribution in [2.24, 2.45) is 10.8 Å². The smallest absolute Gasteiger partial charge is 0.319 e. The Hall–Kier alpha value is -1.58. The van der Waals surface area contributed by atoms with Crippen LogP contribution in [0.15, 0.2) is 22.8 Å². The van der Waals surface area contributed by atoms with Crippen molar-refractivity contribution in [1.82, 2.24) is 0 Å². The van der Waals surface area contributed by atoms with Crippen LogP contribution in [0.1, 0.15) is 57.8 Å². The van der Waals surface area contributed by atoms with Crippen molar-refractivity contribution in [3.63, 3.8) is 0 Å². The summed E-state index contributed by atoms with van der Waals surface area (Å²) in [5.41, 5.74) is -1.66. The summed E-state index contributed by atoms with van der Waals surface area (Å²) < 4.78 is 11.1. The van der Waals surface area contributed by atoms with E-state index in [1.54, 1.807) is 32.2 Å². The molecule has 1 aliphatic carbocycles. The lowest BCUT2D eigenvalue weighted by molar-refractivity contribution is -0.194. The van der Waals surface area contributed by atoms with E-state index in [1.165, 1.54) is 0 Å². The molecule has 1 atom stereocenters. The molecule has 108 valence electrons. The highest BCUT2D eigenvalue weighted by atomic mass is 16.6. The van der Waals surface area contributed by atoms with Crippen LogP contribution in [-0.4, -0.2) is 11.8 Å². The second-order valence-electron chi connectivity index (χ2n) is 6.47. The third-order valence-corrected chi connectivity index (χ3v) is 4.80. The van der Waals surface area contributed by atoms with Gasteiger partial charge in [-0.2, -0.15) is 0 Å². The highest BCUT2D eigenvalue weighted by Gasteiger charge is 2.61. The van der Waals surface area contributed by atoms with Crippen LogP contribution in [0.5, 0.6) is 0 Å². The van der Waals surface area contributed by atoms with Crippen LogP contribution in [0.3, 0.4) is 0 Å². The molecule has 0 N–H and O–H groups in total. The summed E-state index contributed by atoms with van der Waals surface area (Å²) in [6, 6.07) is 3.56. The summed E-state index contributed by atoms with van der Waals surface area (Å²) in [6.45, 7) is 3.35. The Morgan fingerprint density at radius 3 is 2.45 bits per heavy atom. The molecule has 3 rings (SSSR count). The number of ketones is 1. The summed E-state index contributed by atoms with van der Waals surface area (Å²) >= 11 is 0. The molecule has 2 heterocycles. The number of Topliss-reactive ketones (excluding diaryl/α,β-unsaturated/α-hetero) is 1. The van der Waals surface area contributed by atoms with Gasteiger partial charge in [0.2, 0.25) is 0 Å². The zero-order chi connectivity index (χ0) is 14.4. The second kappa shape index (κ2) is 4.47. The maximum atomic E-state index is 13.0. The van der Waals surface area contributed by atoms with Gasteiger partial charge in [-0.25, -0.2) is 0 Å². The zero-order valence-electron chi connectivity index (χ0n) is 12.0. The molecule has 2 aliphatic rings. The van der Waals surface area contributed by atoms with Gasteiger partial charge in [-0.1, -0.05) is 19.3 Å². The number of furan rings is 1. The van der Waals surface area contributed by atoms with Crippen molar-refractivity contribution in [3.8, 4) is 0 Å². The van der Waals surface area contributed by atoms with E-state index in [1.807, 2.05) is 0 Å². The highest BCUT2D eigenvalue weighted by Crippen LogP contribution is 2.55. The number of cyclic esters (lactones) is 1. The maximum Gasteiger partial charge on any atom is 0.319 e. The Kier molecular flexibility index (Phi) is 3.00. The first-order chi connectivity index (χ1) is 9.48. The molecule has 1 aliphatic heterocycles. The molecule has 0 aromatic carbocycles. The maximum absolute atomic E-state index is 13.0. The summed E-state index contributed by atoms with van der Waals surface area (Å²) in [5.74, 6) is 0.159. The topological polar surface area (TPSA) is 56.5 Å². The van der Waals surface area contributed by atoms with E-state index < -0.39 is 22.9 Å². The fourth-order valence-corrected chi connectivity index (χ4v) is 3.64. The minimum absolute atomic E-state index is 0.0161. The Morgan fingerprint density at radius 2 is 1.85 bits per heavy atom. The number of hydrogen-bond acceptors (Lipinski definition) is 4. The SMILES string of the molecule is CC1(C)C(=O)OC(c2ccco2)C2(CCCCC2)C1=O. The Balaban J connectivity index is 2.08. The third kappa shape index (κ3) is 1.74. The molecule has 1 aromatic heterocycles. The largest absolute Gasteiger partial charge is 0.465 e. The van der Waals surface area contributed by atoms with E-state index in [2.05, 4.69) is 0 Å². The van der Waals surface area contributed by atoms with Crippen molar-refractivity contribution in [1.29, 1.82) is 0 Å². The third-order valence-electron chi connectivity index (χ3n) is 4.80. The van der Waals surface area contributed by atoms with Crippen molar-refractivity contribution in [2.45, 2.75) is 52.1 Å². The molecule has 1 saturated carbocycles. The van der Waals surface area contributed by atoms with Gasteiger partial charge in [0.05, 0.1) is 11.7 Å². The van der Waals surface area contributed by atoms with Crippen LogP contribution in [0.2, 0.25) is 0 Å². The number of hydrogen-bond donors (Lipinski definition) is 0. The lowest BCUT2D eigenvalue weighted by Crippen LogP contribution is -2.55. The van der Waals surface area contributed by atoms with Crippen LogP contribution in [0.4, 0.5) is 0 Å². The van der Waals surface area contributed by atoms with Crippen LogP contribution < -0.4 is 0 Å². The number of carbonyl (C=O) groups is 2. The fourth-order valence-electron chi connectivity index (χ4n) is 3.64. The molecular weight excluding hydrogens is 256 g/mol. The molecule has 1 aromatic rings. The van der Waals surface area contributed by atoms with Gasteiger partial charge in [0, 0.05) is 0 Å². The average molecular weight is 276 g/mol. The predicted molar refractivity (Wildman–Crippen MR) is 71.8 cm³/mol. The molecule has 0 amide bonds. The first-order valence-corrected chi connectivity index (χ1v) is 7.28. The standard InChI is InChI=1S/C16H20O4/c1-15(2)13(17)16(8-4-3-5-9-16)12(20-14(15)18)11-7-6-10-19-11/h6-7,10,12H,3-5,8-9H2,1-2H3. The molecule has 2 fully saturated rings. The molecule has 1 unspecified atom stereocenters. The van der Waals surface area contributed by atoms with Crippen molar-refractivity contribution < 1.29 is 18.7 Å². The van der Waals surface area contributed by atoms with Gasteiger partial charge in [-0.15, -0.1) is 0 Å².